The number of esters is 1. The van der Waals surface area contributed by atoms with E-state index in [1.807, 2.05) is 26.8 Å². The molecular weight excluding hydrogens is 518 g/mol. The number of hydrogen-bond donors (Lipinski definition) is 1. The Hall–Kier alpha value is -2.97. The van der Waals surface area contributed by atoms with Crippen molar-refractivity contribution in [3.05, 3.63) is 93.5 Å². The minimum atomic E-state index is -3.83. The molecule has 0 saturated heterocycles. The molecule has 1 N–H and O–H groups in total. The Morgan fingerprint density at radius 1 is 0.941 bits per heavy atom. The van der Waals surface area contributed by atoms with Crippen molar-refractivity contribution in [1.29, 1.82) is 0 Å². The summed E-state index contributed by atoms with van der Waals surface area (Å²) >= 11 is 3.30. The van der Waals surface area contributed by atoms with E-state index in [0.29, 0.717) is 16.8 Å². The second-order valence-electron chi connectivity index (χ2n) is 8.92. The van der Waals surface area contributed by atoms with Crippen LogP contribution in [0.2, 0.25) is 0 Å². The summed E-state index contributed by atoms with van der Waals surface area (Å²) in [6.07, 6.45) is 0. The zero-order valence-corrected chi connectivity index (χ0v) is 21.8. The third kappa shape index (κ3) is 6.33. The Kier molecular flexibility index (Phi) is 7.63. The van der Waals surface area contributed by atoms with Crippen molar-refractivity contribution in [2.45, 2.75) is 38.0 Å². The van der Waals surface area contributed by atoms with Crippen molar-refractivity contribution in [3.63, 3.8) is 0 Å². The third-order valence-electron chi connectivity index (χ3n) is 5.20. The van der Waals surface area contributed by atoms with Gasteiger partial charge < -0.3 is 4.74 Å². The first-order valence-corrected chi connectivity index (χ1v) is 12.8. The topological polar surface area (TPSA) is 89.5 Å². The molecule has 0 radical (unpaired) electrons. The van der Waals surface area contributed by atoms with E-state index in [0.717, 1.165) is 10.0 Å². The molecule has 0 aromatic heterocycles. The predicted octanol–water partition coefficient (Wildman–Crippen LogP) is 5.90. The van der Waals surface area contributed by atoms with Crippen LogP contribution in [0, 0.1) is 6.92 Å². The molecule has 3 aromatic carbocycles. The van der Waals surface area contributed by atoms with Crippen LogP contribution in [0.4, 0.5) is 5.69 Å². The van der Waals surface area contributed by atoms with Crippen LogP contribution < -0.4 is 4.72 Å². The number of anilines is 1. The minimum Gasteiger partial charge on any atom is -0.454 e. The fourth-order valence-corrected chi connectivity index (χ4v) is 4.93. The molecule has 0 heterocycles. The van der Waals surface area contributed by atoms with Gasteiger partial charge in [-0.1, -0.05) is 61.0 Å². The smallest absolute Gasteiger partial charge is 0.338 e. The van der Waals surface area contributed by atoms with Crippen LogP contribution in [-0.4, -0.2) is 26.8 Å². The SMILES string of the molecule is Cc1ccc(C(C)(C)C)cc1S(=O)(=O)Nc1ccc(C(=O)OCC(=O)c2cccc(Br)c2)cc1. The zero-order chi connectivity index (χ0) is 25.1. The van der Waals surface area contributed by atoms with Gasteiger partial charge in [-0.2, -0.15) is 0 Å². The van der Waals surface area contributed by atoms with Gasteiger partial charge in [0, 0.05) is 15.7 Å². The summed E-state index contributed by atoms with van der Waals surface area (Å²) in [4.78, 5) is 24.7. The standard InChI is InChI=1S/C26H26BrNO5S/c1-17-8-11-20(26(2,3)4)15-24(17)34(31,32)28-22-12-9-18(10-13-22)25(30)33-16-23(29)19-6-5-7-21(27)14-19/h5-15,28H,16H2,1-4H3. The lowest BCUT2D eigenvalue weighted by atomic mass is 9.87. The van der Waals surface area contributed by atoms with Gasteiger partial charge in [-0.15, -0.1) is 0 Å². The van der Waals surface area contributed by atoms with E-state index in [2.05, 4.69) is 20.7 Å². The molecule has 34 heavy (non-hydrogen) atoms. The molecule has 0 bridgehead atoms. The summed E-state index contributed by atoms with van der Waals surface area (Å²) in [5.41, 5.74) is 2.29. The van der Waals surface area contributed by atoms with Gasteiger partial charge in [0.15, 0.2) is 12.4 Å². The van der Waals surface area contributed by atoms with Crippen LogP contribution in [0.25, 0.3) is 0 Å². The van der Waals surface area contributed by atoms with Crippen LogP contribution in [0.3, 0.4) is 0 Å². The van der Waals surface area contributed by atoms with Gasteiger partial charge in [0.2, 0.25) is 0 Å². The summed E-state index contributed by atoms with van der Waals surface area (Å²) in [5, 5.41) is 0. The highest BCUT2D eigenvalue weighted by Crippen LogP contribution is 2.28. The van der Waals surface area contributed by atoms with E-state index in [4.69, 9.17) is 4.74 Å². The van der Waals surface area contributed by atoms with Gasteiger partial charge in [0.25, 0.3) is 10.0 Å². The highest BCUT2D eigenvalue weighted by Gasteiger charge is 2.22. The first-order chi connectivity index (χ1) is 15.9. The number of hydrogen-bond acceptors (Lipinski definition) is 5. The fraction of sp³-hybridized carbons (Fsp3) is 0.231. The summed E-state index contributed by atoms with van der Waals surface area (Å²) in [5.74, 6) is -1.00. The maximum absolute atomic E-state index is 13.0. The number of benzene rings is 3. The molecule has 3 aromatic rings. The van der Waals surface area contributed by atoms with E-state index in [1.165, 1.54) is 24.3 Å². The summed E-state index contributed by atoms with van der Waals surface area (Å²) in [6, 6.07) is 18.1. The van der Waals surface area contributed by atoms with Crippen LogP contribution in [0.5, 0.6) is 0 Å². The molecule has 0 atom stereocenters. The summed E-state index contributed by atoms with van der Waals surface area (Å²) in [7, 11) is -3.83. The zero-order valence-electron chi connectivity index (χ0n) is 19.4. The number of Topliss-reactive ketones (excluding diaryl/α,β-unsaturated/α-hetero) is 1. The van der Waals surface area contributed by atoms with E-state index < -0.39 is 22.6 Å². The van der Waals surface area contributed by atoms with Crippen LogP contribution in [0.1, 0.15) is 52.6 Å². The number of ether oxygens (including phenoxy) is 1. The maximum Gasteiger partial charge on any atom is 0.338 e. The van der Waals surface area contributed by atoms with Gasteiger partial charge in [0.1, 0.15) is 0 Å². The highest BCUT2D eigenvalue weighted by atomic mass is 79.9. The first-order valence-electron chi connectivity index (χ1n) is 10.6. The van der Waals surface area contributed by atoms with Crippen molar-refractivity contribution in [2.24, 2.45) is 0 Å². The predicted molar refractivity (Wildman–Crippen MR) is 136 cm³/mol. The average Bonchev–Trinajstić information content (AvgIpc) is 2.76. The molecule has 0 spiro atoms. The van der Waals surface area contributed by atoms with E-state index in [9.17, 15) is 18.0 Å². The van der Waals surface area contributed by atoms with Gasteiger partial charge >= 0.3 is 5.97 Å². The average molecular weight is 544 g/mol. The molecular formula is C26H26BrNO5S. The summed E-state index contributed by atoms with van der Waals surface area (Å²) < 4.78 is 34.5. The van der Waals surface area contributed by atoms with E-state index >= 15 is 0 Å². The molecule has 3 rings (SSSR count). The minimum absolute atomic E-state index is 0.196. The molecule has 178 valence electrons. The van der Waals surface area contributed by atoms with Gasteiger partial charge in [0.05, 0.1) is 10.5 Å². The lowest BCUT2D eigenvalue weighted by Crippen LogP contribution is -2.17. The Balaban J connectivity index is 1.68. The lowest BCUT2D eigenvalue weighted by Gasteiger charge is -2.21. The van der Waals surface area contributed by atoms with Crippen molar-refractivity contribution in [2.75, 3.05) is 11.3 Å². The molecule has 0 saturated carbocycles. The van der Waals surface area contributed by atoms with Crippen molar-refractivity contribution in [1.82, 2.24) is 0 Å². The molecule has 0 unspecified atom stereocenters. The normalized spacial score (nSPS) is 11.7. The molecule has 0 aliphatic carbocycles. The number of carbonyl (C=O) groups is 2. The van der Waals surface area contributed by atoms with Gasteiger partial charge in [-0.25, -0.2) is 13.2 Å². The van der Waals surface area contributed by atoms with Crippen LogP contribution >= 0.6 is 15.9 Å². The van der Waals surface area contributed by atoms with Gasteiger partial charge in [-0.3, -0.25) is 9.52 Å². The Morgan fingerprint density at radius 2 is 1.62 bits per heavy atom. The van der Waals surface area contributed by atoms with E-state index in [1.54, 1.807) is 43.3 Å². The number of nitrogens with one attached hydrogen (secondary N) is 1. The van der Waals surface area contributed by atoms with Crippen molar-refractivity contribution < 1.29 is 22.7 Å². The second kappa shape index (κ2) is 10.1. The highest BCUT2D eigenvalue weighted by molar-refractivity contribution is 9.10. The number of sulfonamides is 1. The Morgan fingerprint density at radius 3 is 2.24 bits per heavy atom. The largest absolute Gasteiger partial charge is 0.454 e. The van der Waals surface area contributed by atoms with Gasteiger partial charge in [-0.05, 0) is 65.9 Å². The molecule has 0 aliphatic rings. The number of rotatable bonds is 7. The third-order valence-corrected chi connectivity index (χ3v) is 7.21. The fourth-order valence-electron chi connectivity index (χ4n) is 3.20. The van der Waals surface area contributed by atoms with Crippen molar-refractivity contribution >= 4 is 43.4 Å². The van der Waals surface area contributed by atoms with Crippen LogP contribution in [-0.2, 0) is 20.2 Å². The number of aryl methyl sites for hydroxylation is 1. The molecule has 6 nitrogen and oxygen atoms in total. The molecule has 8 heteroatoms. The molecule has 0 amide bonds. The number of halogens is 1. The molecule has 0 aliphatic heterocycles. The van der Waals surface area contributed by atoms with Crippen LogP contribution in [0.15, 0.2) is 76.1 Å². The summed E-state index contributed by atoms with van der Waals surface area (Å²) in [6.45, 7) is 7.41. The Bertz CT molecular complexity index is 1330. The number of ketones is 1. The number of carbonyl (C=O) groups excluding carboxylic acids is 2. The molecule has 0 fully saturated rings. The first kappa shape index (κ1) is 25.6. The maximum atomic E-state index is 13.0. The lowest BCUT2D eigenvalue weighted by molar-refractivity contribution is 0.0475. The second-order valence-corrected chi connectivity index (χ2v) is 11.5. The Labute approximate surface area is 208 Å². The van der Waals surface area contributed by atoms with E-state index in [-0.39, 0.29) is 21.7 Å². The van der Waals surface area contributed by atoms with Crippen molar-refractivity contribution in [3.8, 4) is 0 Å². The quantitative estimate of drug-likeness (QED) is 0.296. The monoisotopic (exact) mass is 543 g/mol.